The Bertz CT molecular complexity index is 827. The zero-order valence-electron chi connectivity index (χ0n) is 12.6. The van der Waals surface area contributed by atoms with Crippen LogP contribution in [0.2, 0.25) is 0 Å². The molecule has 0 bridgehead atoms. The van der Waals surface area contributed by atoms with E-state index < -0.39 is 0 Å². The van der Waals surface area contributed by atoms with Gasteiger partial charge >= 0.3 is 0 Å². The van der Waals surface area contributed by atoms with Gasteiger partial charge in [0.05, 0.1) is 25.4 Å². The Morgan fingerprint density at radius 2 is 2.04 bits per heavy atom. The third-order valence-electron chi connectivity index (χ3n) is 3.53. The molecule has 3 rings (SSSR count). The number of methoxy groups -OCH3 is 1. The van der Waals surface area contributed by atoms with Crippen molar-refractivity contribution in [1.29, 1.82) is 0 Å². The standard InChI is InChI=1S/C17H16BrN3O2/c1-23-15-6-7-16-12(10-15)11-19-21(16)9-8-17(22)20-14-4-2-13(18)3-5-14/h2-7,10-11H,8-9H2,1H3,(H,20,22). The third-order valence-corrected chi connectivity index (χ3v) is 4.06. The van der Waals surface area contributed by atoms with Gasteiger partial charge in [-0.2, -0.15) is 5.10 Å². The monoisotopic (exact) mass is 373 g/mol. The number of aryl methyl sites for hydroxylation is 1. The minimum absolute atomic E-state index is 0.0375. The Morgan fingerprint density at radius 3 is 2.78 bits per heavy atom. The molecule has 0 aliphatic rings. The van der Waals surface area contributed by atoms with Gasteiger partial charge in [0.1, 0.15) is 5.75 Å². The van der Waals surface area contributed by atoms with Crippen LogP contribution in [0.15, 0.2) is 53.1 Å². The van der Waals surface area contributed by atoms with Crippen LogP contribution >= 0.6 is 15.9 Å². The van der Waals surface area contributed by atoms with E-state index >= 15 is 0 Å². The summed E-state index contributed by atoms with van der Waals surface area (Å²) in [5.41, 5.74) is 1.77. The van der Waals surface area contributed by atoms with Crippen LogP contribution in [0.4, 0.5) is 5.69 Å². The Morgan fingerprint density at radius 1 is 1.26 bits per heavy atom. The summed E-state index contributed by atoms with van der Waals surface area (Å²) in [7, 11) is 1.64. The van der Waals surface area contributed by atoms with Crippen LogP contribution in [0.1, 0.15) is 6.42 Å². The lowest BCUT2D eigenvalue weighted by Crippen LogP contribution is -2.14. The normalized spacial score (nSPS) is 10.7. The van der Waals surface area contributed by atoms with Gasteiger partial charge in [-0.25, -0.2) is 0 Å². The van der Waals surface area contributed by atoms with Crippen molar-refractivity contribution in [2.24, 2.45) is 0 Å². The van der Waals surface area contributed by atoms with Crippen LogP contribution in [0.5, 0.6) is 5.75 Å². The number of anilines is 1. The lowest BCUT2D eigenvalue weighted by atomic mass is 10.2. The van der Waals surface area contributed by atoms with Crippen LogP contribution in [-0.4, -0.2) is 22.8 Å². The van der Waals surface area contributed by atoms with E-state index in [4.69, 9.17) is 4.74 Å². The average Bonchev–Trinajstić information content (AvgIpc) is 2.97. The maximum Gasteiger partial charge on any atom is 0.226 e. The highest BCUT2D eigenvalue weighted by Gasteiger charge is 2.07. The molecule has 23 heavy (non-hydrogen) atoms. The fourth-order valence-electron chi connectivity index (χ4n) is 2.33. The maximum absolute atomic E-state index is 12.0. The van der Waals surface area contributed by atoms with Crippen molar-refractivity contribution in [3.63, 3.8) is 0 Å². The van der Waals surface area contributed by atoms with E-state index in [1.165, 1.54) is 0 Å². The summed E-state index contributed by atoms with van der Waals surface area (Å²) in [6, 6.07) is 13.3. The van der Waals surface area contributed by atoms with Gasteiger partial charge in [-0.3, -0.25) is 9.48 Å². The summed E-state index contributed by atoms with van der Waals surface area (Å²) in [6.07, 6.45) is 2.14. The number of nitrogens with one attached hydrogen (secondary N) is 1. The number of rotatable bonds is 5. The van der Waals surface area contributed by atoms with E-state index in [1.54, 1.807) is 13.3 Å². The summed E-state index contributed by atoms with van der Waals surface area (Å²) < 4.78 is 8.01. The molecule has 1 N–H and O–H groups in total. The van der Waals surface area contributed by atoms with Crippen molar-refractivity contribution >= 4 is 38.4 Å². The predicted molar refractivity (Wildman–Crippen MR) is 93.7 cm³/mol. The molecule has 0 aliphatic heterocycles. The maximum atomic E-state index is 12.0. The molecule has 0 saturated heterocycles. The van der Waals surface area contributed by atoms with Crippen molar-refractivity contribution in [2.75, 3.05) is 12.4 Å². The number of hydrogen-bond acceptors (Lipinski definition) is 3. The van der Waals surface area contributed by atoms with Crippen LogP contribution in [0, 0.1) is 0 Å². The van der Waals surface area contributed by atoms with E-state index in [0.717, 1.165) is 26.8 Å². The second-order valence-electron chi connectivity index (χ2n) is 5.10. The Labute approximate surface area is 142 Å². The number of benzene rings is 2. The molecule has 2 aromatic carbocycles. The van der Waals surface area contributed by atoms with Gasteiger partial charge in [-0.15, -0.1) is 0 Å². The summed E-state index contributed by atoms with van der Waals surface area (Å²) in [5.74, 6) is 0.759. The molecule has 0 atom stereocenters. The van der Waals surface area contributed by atoms with Gasteiger partial charge in [0, 0.05) is 22.0 Å². The fourth-order valence-corrected chi connectivity index (χ4v) is 2.60. The molecule has 0 saturated carbocycles. The van der Waals surface area contributed by atoms with E-state index in [9.17, 15) is 4.79 Å². The molecule has 0 unspecified atom stereocenters. The Hall–Kier alpha value is -2.34. The Kier molecular flexibility index (Phi) is 4.62. The highest BCUT2D eigenvalue weighted by Crippen LogP contribution is 2.20. The first-order valence-electron chi connectivity index (χ1n) is 7.21. The van der Waals surface area contributed by atoms with Gasteiger partial charge in [0.15, 0.2) is 0 Å². The molecular weight excluding hydrogens is 358 g/mol. The van der Waals surface area contributed by atoms with Gasteiger partial charge in [-0.1, -0.05) is 15.9 Å². The Balaban J connectivity index is 1.63. The number of fused-ring (bicyclic) bond motifs is 1. The van der Waals surface area contributed by atoms with Crippen LogP contribution < -0.4 is 10.1 Å². The number of ether oxygens (including phenoxy) is 1. The molecule has 0 radical (unpaired) electrons. The third kappa shape index (κ3) is 3.71. The van der Waals surface area contributed by atoms with E-state index in [2.05, 4.69) is 26.3 Å². The number of nitrogens with zero attached hydrogens (tertiary/aromatic N) is 2. The minimum atomic E-state index is -0.0375. The van der Waals surface area contributed by atoms with Gasteiger partial charge in [-0.05, 0) is 42.5 Å². The second kappa shape index (κ2) is 6.83. The lowest BCUT2D eigenvalue weighted by Gasteiger charge is -2.07. The SMILES string of the molecule is COc1ccc2c(cnn2CCC(=O)Nc2ccc(Br)cc2)c1. The number of amides is 1. The van der Waals surface area contributed by atoms with Crippen molar-refractivity contribution in [3.05, 3.63) is 53.1 Å². The fraction of sp³-hybridized carbons (Fsp3) is 0.176. The molecule has 0 aliphatic carbocycles. The molecule has 1 heterocycles. The molecule has 1 aromatic heterocycles. The van der Waals surface area contributed by atoms with Gasteiger partial charge < -0.3 is 10.1 Å². The first-order chi connectivity index (χ1) is 11.2. The molecular formula is C17H16BrN3O2. The van der Waals surface area contributed by atoms with Crippen molar-refractivity contribution in [2.45, 2.75) is 13.0 Å². The molecule has 0 fully saturated rings. The van der Waals surface area contributed by atoms with Crippen molar-refractivity contribution < 1.29 is 9.53 Å². The molecule has 118 valence electrons. The van der Waals surface area contributed by atoms with Crippen LogP contribution in [-0.2, 0) is 11.3 Å². The predicted octanol–water partition coefficient (Wildman–Crippen LogP) is 3.84. The quantitative estimate of drug-likeness (QED) is 0.739. The molecule has 3 aromatic rings. The minimum Gasteiger partial charge on any atom is -0.497 e. The van der Waals surface area contributed by atoms with Crippen molar-refractivity contribution in [1.82, 2.24) is 9.78 Å². The molecule has 5 nitrogen and oxygen atoms in total. The van der Waals surface area contributed by atoms with E-state index in [0.29, 0.717) is 13.0 Å². The topological polar surface area (TPSA) is 56.2 Å². The lowest BCUT2D eigenvalue weighted by molar-refractivity contribution is -0.116. The second-order valence-corrected chi connectivity index (χ2v) is 6.01. The van der Waals surface area contributed by atoms with E-state index in [1.807, 2.05) is 47.1 Å². The largest absolute Gasteiger partial charge is 0.497 e. The summed E-state index contributed by atoms with van der Waals surface area (Å²) in [6.45, 7) is 0.526. The van der Waals surface area contributed by atoms with E-state index in [-0.39, 0.29) is 5.91 Å². The number of carbonyl (C=O) groups is 1. The number of carbonyl (C=O) groups excluding carboxylic acids is 1. The smallest absolute Gasteiger partial charge is 0.226 e. The van der Waals surface area contributed by atoms with Crippen LogP contribution in [0.25, 0.3) is 10.9 Å². The number of hydrogen-bond donors (Lipinski definition) is 1. The zero-order valence-corrected chi connectivity index (χ0v) is 14.2. The van der Waals surface area contributed by atoms with Crippen LogP contribution in [0.3, 0.4) is 0 Å². The summed E-state index contributed by atoms with van der Waals surface area (Å²) >= 11 is 3.37. The first kappa shape index (κ1) is 15.6. The summed E-state index contributed by atoms with van der Waals surface area (Å²) in [4.78, 5) is 12.0. The van der Waals surface area contributed by atoms with Gasteiger partial charge in [0.2, 0.25) is 5.91 Å². The highest BCUT2D eigenvalue weighted by molar-refractivity contribution is 9.10. The molecule has 6 heteroatoms. The molecule has 1 amide bonds. The van der Waals surface area contributed by atoms with Gasteiger partial charge in [0.25, 0.3) is 0 Å². The van der Waals surface area contributed by atoms with Crippen molar-refractivity contribution in [3.8, 4) is 5.75 Å². The molecule has 0 spiro atoms. The zero-order chi connectivity index (χ0) is 16.2. The average molecular weight is 374 g/mol. The number of halogens is 1. The highest BCUT2D eigenvalue weighted by atomic mass is 79.9. The summed E-state index contributed by atoms with van der Waals surface area (Å²) in [5, 5.41) is 8.21. The first-order valence-corrected chi connectivity index (χ1v) is 8.00. The number of aromatic nitrogens is 2.